The van der Waals surface area contributed by atoms with Crippen molar-refractivity contribution in [3.63, 3.8) is 0 Å². The summed E-state index contributed by atoms with van der Waals surface area (Å²) in [6.45, 7) is 9.83. The van der Waals surface area contributed by atoms with Gasteiger partial charge in [-0.3, -0.25) is 4.90 Å². The monoisotopic (exact) mass is 424 g/mol. The van der Waals surface area contributed by atoms with Gasteiger partial charge in [-0.05, 0) is 85.7 Å². The van der Waals surface area contributed by atoms with Crippen molar-refractivity contribution in [2.75, 3.05) is 19.6 Å². The summed E-state index contributed by atoms with van der Waals surface area (Å²) in [5, 5.41) is 9.05. The van der Waals surface area contributed by atoms with E-state index in [0.29, 0.717) is 0 Å². The van der Waals surface area contributed by atoms with Crippen molar-refractivity contribution in [1.82, 2.24) is 19.9 Å². The molecule has 1 aliphatic heterocycles. The molecule has 1 aliphatic carbocycles. The van der Waals surface area contributed by atoms with Crippen LogP contribution in [0, 0.1) is 0 Å². The highest BCUT2D eigenvalue weighted by Gasteiger charge is 2.15. The van der Waals surface area contributed by atoms with Crippen molar-refractivity contribution in [2.45, 2.75) is 39.0 Å². The number of hydrogen-bond donors (Lipinski definition) is 0. The Labute approximate surface area is 190 Å². The minimum Gasteiger partial charge on any atom is -0.299 e. The summed E-state index contributed by atoms with van der Waals surface area (Å²) >= 11 is 0. The van der Waals surface area contributed by atoms with Crippen LogP contribution < -0.4 is 0 Å². The maximum atomic E-state index is 4.53. The Morgan fingerprint density at radius 3 is 2.47 bits per heavy atom. The molecule has 1 fully saturated rings. The fraction of sp³-hybridized carbons (Fsp3) is 0.357. The Morgan fingerprint density at radius 1 is 0.969 bits per heavy atom. The first-order valence-electron chi connectivity index (χ1n) is 11.8. The molecule has 2 aliphatic rings. The lowest BCUT2D eigenvalue weighted by Gasteiger charge is -2.28. The van der Waals surface area contributed by atoms with Crippen LogP contribution in [0.2, 0.25) is 0 Å². The van der Waals surface area contributed by atoms with Crippen LogP contribution >= 0.6 is 0 Å². The second-order valence-electron chi connectivity index (χ2n) is 9.28. The number of rotatable bonds is 5. The fourth-order valence-electron chi connectivity index (χ4n) is 4.97. The van der Waals surface area contributed by atoms with Gasteiger partial charge in [0.25, 0.3) is 0 Å². The number of piperidine rings is 1. The Morgan fingerprint density at radius 2 is 1.72 bits per heavy atom. The lowest BCUT2D eigenvalue weighted by atomic mass is 9.92. The molecule has 0 unspecified atom stereocenters. The van der Waals surface area contributed by atoms with Gasteiger partial charge in [-0.25, -0.2) is 0 Å². The smallest absolute Gasteiger partial charge is 0.120 e. The molecule has 0 N–H and O–H groups in total. The van der Waals surface area contributed by atoms with Gasteiger partial charge in [0, 0.05) is 19.2 Å². The number of benzene rings is 2. The van der Waals surface area contributed by atoms with Gasteiger partial charge in [0.1, 0.15) is 11.0 Å². The molecule has 1 saturated heterocycles. The molecule has 2 heterocycles. The first-order valence-corrected chi connectivity index (χ1v) is 11.8. The Hall–Kier alpha value is -2.98. The van der Waals surface area contributed by atoms with Crippen LogP contribution in [0.25, 0.3) is 33.3 Å². The van der Waals surface area contributed by atoms with Crippen LogP contribution in [0.5, 0.6) is 0 Å². The molecule has 32 heavy (non-hydrogen) atoms. The van der Waals surface area contributed by atoms with Crippen molar-refractivity contribution in [2.24, 2.45) is 7.05 Å². The minimum absolute atomic E-state index is 0.910. The van der Waals surface area contributed by atoms with Crippen LogP contribution in [0.1, 0.15) is 50.2 Å². The average molecular weight is 425 g/mol. The molecule has 1 aromatic heterocycles. The van der Waals surface area contributed by atoms with Gasteiger partial charge in [0.2, 0.25) is 0 Å². The normalized spacial score (nSPS) is 17.3. The summed E-state index contributed by atoms with van der Waals surface area (Å²) in [7, 11) is 1.86. The molecule has 5 rings (SSSR count). The molecular formula is C28H32N4. The second-order valence-corrected chi connectivity index (χ2v) is 9.28. The van der Waals surface area contributed by atoms with E-state index in [4.69, 9.17) is 0 Å². The van der Waals surface area contributed by atoms with E-state index in [1.54, 1.807) is 10.4 Å². The van der Waals surface area contributed by atoms with Crippen LogP contribution in [0.15, 0.2) is 60.7 Å². The number of allylic oxidation sites excluding steroid dienone is 4. The first-order chi connectivity index (χ1) is 15.6. The zero-order valence-electron chi connectivity index (χ0n) is 19.3. The summed E-state index contributed by atoms with van der Waals surface area (Å²) in [6, 6.07) is 13.3. The molecule has 2 aromatic carbocycles. The highest BCUT2D eigenvalue weighted by molar-refractivity contribution is 5.92. The van der Waals surface area contributed by atoms with E-state index < -0.39 is 0 Å². The maximum Gasteiger partial charge on any atom is 0.120 e. The summed E-state index contributed by atoms with van der Waals surface area (Å²) in [4.78, 5) is 4.26. The van der Waals surface area contributed by atoms with Gasteiger partial charge in [0.15, 0.2) is 0 Å². The van der Waals surface area contributed by atoms with E-state index in [-0.39, 0.29) is 0 Å². The third-order valence-corrected chi connectivity index (χ3v) is 6.66. The zero-order valence-corrected chi connectivity index (χ0v) is 19.3. The summed E-state index contributed by atoms with van der Waals surface area (Å²) in [5.74, 6) is 0. The number of fused-ring (bicyclic) bond motifs is 1. The molecule has 0 spiro atoms. The highest BCUT2D eigenvalue weighted by atomic mass is 15.4. The number of aryl methyl sites for hydroxylation is 1. The molecule has 0 saturated carbocycles. The van der Waals surface area contributed by atoms with E-state index in [1.165, 1.54) is 55.5 Å². The number of nitrogens with zero attached hydrogens (tertiary/aromatic N) is 4. The summed E-state index contributed by atoms with van der Waals surface area (Å²) < 4.78 is 0. The van der Waals surface area contributed by atoms with Crippen molar-refractivity contribution in [3.8, 4) is 11.1 Å². The van der Waals surface area contributed by atoms with Crippen molar-refractivity contribution in [3.05, 3.63) is 71.8 Å². The maximum absolute atomic E-state index is 4.53. The summed E-state index contributed by atoms with van der Waals surface area (Å²) in [6.07, 6.45) is 11.2. The van der Waals surface area contributed by atoms with Crippen molar-refractivity contribution in [1.29, 1.82) is 0 Å². The molecule has 3 aromatic rings. The third kappa shape index (κ3) is 4.33. The summed E-state index contributed by atoms with van der Waals surface area (Å²) in [5.41, 5.74) is 10.5. The van der Waals surface area contributed by atoms with Gasteiger partial charge in [0.05, 0.1) is 0 Å². The quantitative estimate of drug-likeness (QED) is 0.485. The SMILES string of the molecule is C=C(C)c1cc(-c2ccc(C3=CCCC(CN4CCCCC4)=C3)cc2)cc2nn(C)nc12. The second kappa shape index (κ2) is 8.87. The van der Waals surface area contributed by atoms with Gasteiger partial charge < -0.3 is 0 Å². The molecule has 4 heteroatoms. The average Bonchev–Trinajstić information content (AvgIpc) is 3.19. The molecule has 0 amide bonds. The molecule has 0 atom stereocenters. The minimum atomic E-state index is 0.910. The molecular weight excluding hydrogens is 392 g/mol. The van der Waals surface area contributed by atoms with E-state index in [1.807, 2.05) is 14.0 Å². The third-order valence-electron chi connectivity index (χ3n) is 6.66. The van der Waals surface area contributed by atoms with Crippen LogP contribution in [-0.4, -0.2) is 39.5 Å². The number of aromatic nitrogens is 3. The van der Waals surface area contributed by atoms with E-state index in [9.17, 15) is 0 Å². The highest BCUT2D eigenvalue weighted by Crippen LogP contribution is 2.32. The predicted molar refractivity (Wildman–Crippen MR) is 134 cm³/mol. The Bertz CT molecular complexity index is 1200. The van der Waals surface area contributed by atoms with E-state index >= 15 is 0 Å². The Balaban J connectivity index is 1.39. The van der Waals surface area contributed by atoms with Gasteiger partial charge in [-0.1, -0.05) is 55.0 Å². The number of hydrogen-bond acceptors (Lipinski definition) is 3. The van der Waals surface area contributed by atoms with Gasteiger partial charge in [-0.2, -0.15) is 15.0 Å². The molecule has 4 nitrogen and oxygen atoms in total. The zero-order chi connectivity index (χ0) is 22.1. The van der Waals surface area contributed by atoms with Gasteiger partial charge >= 0.3 is 0 Å². The topological polar surface area (TPSA) is 34.0 Å². The van der Waals surface area contributed by atoms with E-state index in [0.717, 1.165) is 40.7 Å². The fourth-order valence-corrected chi connectivity index (χ4v) is 4.97. The van der Waals surface area contributed by atoms with Gasteiger partial charge in [-0.15, -0.1) is 0 Å². The predicted octanol–water partition coefficient (Wildman–Crippen LogP) is 6.26. The lowest BCUT2D eigenvalue weighted by molar-refractivity contribution is 0.244. The van der Waals surface area contributed by atoms with Crippen molar-refractivity contribution >= 4 is 22.2 Å². The standard InChI is InChI=1S/C28H32N4/c1-20(2)26-17-25(18-27-28(26)30-31(3)29-27)23-12-10-22(11-13-23)24-9-7-8-21(16-24)19-32-14-5-4-6-15-32/h9-13,16-18H,1,4-8,14-15,19H2,2-3H3. The first kappa shape index (κ1) is 20.9. The van der Waals surface area contributed by atoms with Crippen LogP contribution in [-0.2, 0) is 7.05 Å². The molecule has 0 bridgehead atoms. The van der Waals surface area contributed by atoms with Crippen LogP contribution in [0.4, 0.5) is 0 Å². The largest absolute Gasteiger partial charge is 0.299 e. The molecule has 0 radical (unpaired) electrons. The lowest BCUT2D eigenvalue weighted by Crippen LogP contribution is -2.31. The number of likely N-dealkylation sites (tertiary alicyclic amines) is 1. The van der Waals surface area contributed by atoms with E-state index in [2.05, 4.69) is 70.2 Å². The Kier molecular flexibility index (Phi) is 5.79. The van der Waals surface area contributed by atoms with Crippen LogP contribution in [0.3, 0.4) is 0 Å². The molecule has 164 valence electrons. The van der Waals surface area contributed by atoms with Crippen molar-refractivity contribution < 1.29 is 0 Å².